The Morgan fingerprint density at radius 3 is 2.48 bits per heavy atom. The lowest BCUT2D eigenvalue weighted by atomic mass is 10.1. The van der Waals surface area contributed by atoms with Gasteiger partial charge < -0.3 is 19.9 Å². The summed E-state index contributed by atoms with van der Waals surface area (Å²) in [5.74, 6) is -0.845. The Kier molecular flexibility index (Phi) is 7.52. The van der Waals surface area contributed by atoms with Crippen LogP contribution in [0.4, 0.5) is 5.69 Å². The van der Waals surface area contributed by atoms with Crippen LogP contribution in [0.5, 0.6) is 0 Å². The van der Waals surface area contributed by atoms with Crippen molar-refractivity contribution in [3.8, 4) is 0 Å². The summed E-state index contributed by atoms with van der Waals surface area (Å²) in [7, 11) is 0. The summed E-state index contributed by atoms with van der Waals surface area (Å²) < 4.78 is 10.3. The topological polar surface area (TPSA) is 111 Å². The van der Waals surface area contributed by atoms with E-state index in [0.29, 0.717) is 35.2 Å². The molecule has 0 aliphatic heterocycles. The number of nitrogens with zero attached hydrogens (tertiary/aromatic N) is 1. The van der Waals surface area contributed by atoms with Gasteiger partial charge in [-0.2, -0.15) is 0 Å². The van der Waals surface area contributed by atoms with Gasteiger partial charge >= 0.3 is 5.97 Å². The number of amides is 2. The van der Waals surface area contributed by atoms with Crippen molar-refractivity contribution < 1.29 is 23.6 Å². The molecule has 1 heterocycles. The van der Waals surface area contributed by atoms with E-state index in [4.69, 9.17) is 9.26 Å². The van der Waals surface area contributed by atoms with Crippen molar-refractivity contribution in [1.82, 2.24) is 10.5 Å². The molecule has 2 amide bonds. The molecular weight excluding hydrogens is 374 g/mol. The fraction of sp³-hybridized carbons (Fsp3) is 0.429. The van der Waals surface area contributed by atoms with Crippen molar-refractivity contribution in [1.29, 1.82) is 0 Å². The van der Waals surface area contributed by atoms with Crippen LogP contribution < -0.4 is 10.6 Å². The average Bonchev–Trinajstić information content (AvgIpc) is 3.06. The van der Waals surface area contributed by atoms with Gasteiger partial charge in [0.15, 0.2) is 12.4 Å². The zero-order chi connectivity index (χ0) is 21.6. The lowest BCUT2D eigenvalue weighted by Gasteiger charge is -2.12. The number of aryl methyl sites for hydroxylation is 1. The zero-order valence-electron chi connectivity index (χ0n) is 17.4. The van der Waals surface area contributed by atoms with E-state index in [1.54, 1.807) is 31.2 Å². The van der Waals surface area contributed by atoms with Crippen LogP contribution in [0.1, 0.15) is 65.8 Å². The summed E-state index contributed by atoms with van der Waals surface area (Å²) in [4.78, 5) is 37.0. The Hall–Kier alpha value is -3.16. The quantitative estimate of drug-likeness (QED) is 0.657. The molecule has 0 bridgehead atoms. The number of aromatic nitrogens is 1. The maximum Gasteiger partial charge on any atom is 0.344 e. The second-order valence-electron chi connectivity index (χ2n) is 7.44. The molecule has 8 nitrogen and oxygen atoms in total. The van der Waals surface area contributed by atoms with E-state index in [0.717, 1.165) is 0 Å². The molecule has 0 radical (unpaired) electrons. The van der Waals surface area contributed by atoms with Gasteiger partial charge in [-0.1, -0.05) is 45.0 Å². The SMILES string of the molecule is Cc1noc(C(C)C)c1C(=O)OCC(=O)Nc1ccccc1C(=O)NCC(C)C. The lowest BCUT2D eigenvalue weighted by molar-refractivity contribution is -0.119. The second kappa shape index (κ2) is 9.86. The van der Waals surface area contributed by atoms with Gasteiger partial charge in [0, 0.05) is 12.5 Å². The monoisotopic (exact) mass is 401 g/mol. The number of carbonyl (C=O) groups excluding carboxylic acids is 3. The Balaban J connectivity index is 2.01. The first-order valence-corrected chi connectivity index (χ1v) is 9.51. The zero-order valence-corrected chi connectivity index (χ0v) is 17.4. The summed E-state index contributed by atoms with van der Waals surface area (Å²) in [6.07, 6.45) is 0. The number of ether oxygens (including phenoxy) is 1. The minimum atomic E-state index is -0.675. The minimum absolute atomic E-state index is 0.0520. The molecule has 1 aromatic heterocycles. The van der Waals surface area contributed by atoms with Crippen molar-refractivity contribution in [3.63, 3.8) is 0 Å². The van der Waals surface area contributed by atoms with E-state index < -0.39 is 18.5 Å². The molecule has 0 spiro atoms. The lowest BCUT2D eigenvalue weighted by Crippen LogP contribution is -2.29. The van der Waals surface area contributed by atoms with Crippen LogP contribution >= 0.6 is 0 Å². The summed E-state index contributed by atoms with van der Waals surface area (Å²) in [6, 6.07) is 6.65. The number of hydrogen-bond donors (Lipinski definition) is 2. The van der Waals surface area contributed by atoms with Crippen molar-refractivity contribution in [2.24, 2.45) is 5.92 Å². The third-order valence-corrected chi connectivity index (χ3v) is 4.07. The smallest absolute Gasteiger partial charge is 0.344 e. The number of para-hydroxylation sites is 1. The first-order valence-electron chi connectivity index (χ1n) is 9.51. The van der Waals surface area contributed by atoms with Crippen molar-refractivity contribution in [2.75, 3.05) is 18.5 Å². The molecule has 0 aliphatic carbocycles. The largest absolute Gasteiger partial charge is 0.452 e. The molecule has 0 atom stereocenters. The Morgan fingerprint density at radius 2 is 1.83 bits per heavy atom. The third kappa shape index (κ3) is 5.91. The number of hydrogen-bond acceptors (Lipinski definition) is 6. The van der Waals surface area contributed by atoms with Crippen LogP contribution in [0.25, 0.3) is 0 Å². The fourth-order valence-electron chi connectivity index (χ4n) is 2.60. The van der Waals surface area contributed by atoms with Crippen LogP contribution in [0.3, 0.4) is 0 Å². The van der Waals surface area contributed by atoms with Crippen LogP contribution in [0, 0.1) is 12.8 Å². The molecule has 2 rings (SSSR count). The third-order valence-electron chi connectivity index (χ3n) is 4.07. The highest BCUT2D eigenvalue weighted by molar-refractivity contribution is 6.04. The number of nitrogens with one attached hydrogen (secondary N) is 2. The highest BCUT2D eigenvalue weighted by Gasteiger charge is 2.24. The highest BCUT2D eigenvalue weighted by Crippen LogP contribution is 2.23. The maximum atomic E-state index is 12.4. The van der Waals surface area contributed by atoms with Gasteiger partial charge in [-0.3, -0.25) is 9.59 Å². The highest BCUT2D eigenvalue weighted by atomic mass is 16.5. The van der Waals surface area contributed by atoms with E-state index >= 15 is 0 Å². The average molecular weight is 401 g/mol. The molecule has 2 aromatic rings. The van der Waals surface area contributed by atoms with E-state index in [2.05, 4.69) is 15.8 Å². The number of anilines is 1. The van der Waals surface area contributed by atoms with E-state index in [9.17, 15) is 14.4 Å². The van der Waals surface area contributed by atoms with Crippen LogP contribution in [0.2, 0.25) is 0 Å². The van der Waals surface area contributed by atoms with Gasteiger partial charge in [0.05, 0.1) is 16.9 Å². The van der Waals surface area contributed by atoms with Crippen LogP contribution in [-0.2, 0) is 9.53 Å². The molecule has 156 valence electrons. The maximum absolute atomic E-state index is 12.4. The molecule has 0 saturated carbocycles. The van der Waals surface area contributed by atoms with E-state index in [-0.39, 0.29) is 17.4 Å². The molecule has 2 N–H and O–H groups in total. The van der Waals surface area contributed by atoms with Gasteiger partial charge in [-0.15, -0.1) is 0 Å². The standard InChI is InChI=1S/C21H27N3O5/c1-12(2)10-22-20(26)15-8-6-7-9-16(15)23-17(25)11-28-21(27)18-14(5)24-29-19(18)13(3)4/h6-9,12-13H,10-11H2,1-5H3,(H,22,26)(H,23,25). The first-order chi connectivity index (χ1) is 13.7. The summed E-state index contributed by atoms with van der Waals surface area (Å²) >= 11 is 0. The minimum Gasteiger partial charge on any atom is -0.452 e. The first kappa shape index (κ1) is 22.1. The normalized spacial score (nSPS) is 10.9. The number of rotatable bonds is 8. The van der Waals surface area contributed by atoms with E-state index in [1.807, 2.05) is 27.7 Å². The van der Waals surface area contributed by atoms with Gasteiger partial charge in [0.2, 0.25) is 0 Å². The summed E-state index contributed by atoms with van der Waals surface area (Å²) in [6.45, 7) is 9.37. The molecule has 0 fully saturated rings. The molecule has 0 unspecified atom stereocenters. The number of esters is 1. The van der Waals surface area contributed by atoms with Gasteiger partial charge in [-0.25, -0.2) is 4.79 Å². The molecule has 29 heavy (non-hydrogen) atoms. The molecule has 0 aliphatic rings. The van der Waals surface area contributed by atoms with Crippen LogP contribution in [-0.4, -0.2) is 36.1 Å². The molecular formula is C21H27N3O5. The van der Waals surface area contributed by atoms with Gasteiger partial charge in [-0.05, 0) is 25.0 Å². The molecule has 0 saturated heterocycles. The Labute approximate surface area is 170 Å². The van der Waals surface area contributed by atoms with Crippen molar-refractivity contribution >= 4 is 23.5 Å². The predicted octanol–water partition coefficient (Wildman–Crippen LogP) is 3.29. The number of benzene rings is 1. The predicted molar refractivity (Wildman–Crippen MR) is 108 cm³/mol. The molecule has 8 heteroatoms. The summed E-state index contributed by atoms with van der Waals surface area (Å²) in [5, 5.41) is 9.22. The second-order valence-corrected chi connectivity index (χ2v) is 7.44. The van der Waals surface area contributed by atoms with E-state index in [1.165, 1.54) is 0 Å². The summed E-state index contributed by atoms with van der Waals surface area (Å²) in [5.41, 5.74) is 1.33. The fourth-order valence-corrected chi connectivity index (χ4v) is 2.60. The van der Waals surface area contributed by atoms with Gasteiger partial charge in [0.25, 0.3) is 11.8 Å². The van der Waals surface area contributed by atoms with Gasteiger partial charge in [0.1, 0.15) is 5.56 Å². The van der Waals surface area contributed by atoms with Crippen molar-refractivity contribution in [2.45, 2.75) is 40.5 Å². The molecule has 1 aromatic carbocycles. The Bertz CT molecular complexity index is 886. The van der Waals surface area contributed by atoms with Crippen LogP contribution in [0.15, 0.2) is 28.8 Å². The Morgan fingerprint density at radius 1 is 1.14 bits per heavy atom. The van der Waals surface area contributed by atoms with Crippen molar-refractivity contribution in [3.05, 3.63) is 46.8 Å². The number of carbonyl (C=O) groups is 3.